The van der Waals surface area contributed by atoms with Gasteiger partial charge in [0.15, 0.2) is 6.29 Å². The lowest BCUT2D eigenvalue weighted by molar-refractivity contribution is -0.200. The summed E-state index contributed by atoms with van der Waals surface area (Å²) < 4.78 is 5.44. The maximum atomic E-state index is 13.0. The molecule has 178 valence electrons. The normalized spacial score (nSPS) is 17.9. The number of aryl methyl sites for hydroxylation is 1. The second kappa shape index (κ2) is 13.9. The van der Waals surface area contributed by atoms with Crippen LogP contribution in [0.5, 0.6) is 0 Å². The molecule has 0 bridgehead atoms. The summed E-state index contributed by atoms with van der Waals surface area (Å²) >= 11 is 0. The Morgan fingerprint density at radius 1 is 1.12 bits per heavy atom. The summed E-state index contributed by atoms with van der Waals surface area (Å²) in [5.41, 5.74) is 3.52. The number of amides is 3. The van der Waals surface area contributed by atoms with Gasteiger partial charge in [0.05, 0.1) is 0 Å². The lowest BCUT2D eigenvalue weighted by atomic mass is 9.92. The third kappa shape index (κ3) is 9.36. The lowest BCUT2D eigenvalue weighted by Crippen LogP contribution is -2.48. The molecule has 2 rings (SSSR count). The summed E-state index contributed by atoms with van der Waals surface area (Å²) in [7, 11) is 1.55. The average molecular weight is 448 g/mol. The van der Waals surface area contributed by atoms with Crippen LogP contribution in [0.4, 0.5) is 0 Å². The molecular weight excluding hydrogens is 410 g/mol. The molecule has 1 fully saturated rings. The van der Waals surface area contributed by atoms with Gasteiger partial charge in [0.25, 0.3) is 0 Å². The summed E-state index contributed by atoms with van der Waals surface area (Å²) in [5, 5.41) is 5.47. The molecule has 1 aromatic carbocycles. The molecule has 1 saturated heterocycles. The Bertz CT molecular complexity index is 720. The fourth-order valence-electron chi connectivity index (χ4n) is 3.74. The molecule has 0 saturated carbocycles. The van der Waals surface area contributed by atoms with Gasteiger partial charge in [0.1, 0.15) is 6.04 Å². The highest BCUT2D eigenvalue weighted by Gasteiger charge is 2.28. The van der Waals surface area contributed by atoms with E-state index in [2.05, 4.69) is 16.1 Å². The lowest BCUT2D eigenvalue weighted by Gasteiger charge is -2.24. The first kappa shape index (κ1) is 25.8. The quantitative estimate of drug-likeness (QED) is 0.427. The second-order valence-corrected chi connectivity index (χ2v) is 8.67. The molecule has 1 aliphatic rings. The van der Waals surface area contributed by atoms with Crippen LogP contribution in [0.15, 0.2) is 30.3 Å². The molecule has 3 N–H and O–H groups in total. The Kier molecular flexibility index (Phi) is 11.2. The van der Waals surface area contributed by atoms with E-state index in [1.165, 1.54) is 0 Å². The first-order valence-corrected chi connectivity index (χ1v) is 11.5. The molecule has 0 aliphatic carbocycles. The summed E-state index contributed by atoms with van der Waals surface area (Å²) in [6.07, 6.45) is 3.90. The fourth-order valence-corrected chi connectivity index (χ4v) is 3.74. The number of hydrogen-bond donors (Lipinski definition) is 3. The van der Waals surface area contributed by atoms with Crippen LogP contribution >= 0.6 is 0 Å². The van der Waals surface area contributed by atoms with Crippen LogP contribution in [0.3, 0.4) is 0 Å². The highest BCUT2D eigenvalue weighted by Crippen LogP contribution is 2.18. The van der Waals surface area contributed by atoms with Crippen molar-refractivity contribution in [2.75, 3.05) is 13.7 Å². The third-order valence-corrected chi connectivity index (χ3v) is 5.44. The minimum atomic E-state index is -0.669. The van der Waals surface area contributed by atoms with E-state index < -0.39 is 18.2 Å². The summed E-state index contributed by atoms with van der Waals surface area (Å²) in [6.45, 7) is 4.61. The molecule has 0 spiro atoms. The molecule has 1 aliphatic heterocycles. The Morgan fingerprint density at radius 2 is 1.88 bits per heavy atom. The van der Waals surface area contributed by atoms with Crippen LogP contribution in [-0.4, -0.2) is 43.7 Å². The van der Waals surface area contributed by atoms with Gasteiger partial charge in [0, 0.05) is 32.4 Å². The SMILES string of the molecule is CNC(=O)C(CCc1ccccc1)NC(=O)[C@H](CC(=O)NO[C@H]1CCCCO1)CC(C)C. The van der Waals surface area contributed by atoms with Crippen LogP contribution in [0.25, 0.3) is 0 Å². The highest BCUT2D eigenvalue weighted by molar-refractivity contribution is 5.90. The fraction of sp³-hybridized carbons (Fsp3) is 0.625. The monoisotopic (exact) mass is 447 g/mol. The standard InChI is InChI=1S/C24H37N3O5/c1-17(2)15-19(16-21(28)27-32-22-11-7-8-14-31-22)23(29)26-20(24(30)25-3)13-12-18-9-5-4-6-10-18/h4-6,9-10,17,19-20,22H,7-8,11-16H2,1-3H3,(H,25,30)(H,26,29)(H,27,28)/t19-,20?,22-/m0/s1. The molecule has 8 nitrogen and oxygen atoms in total. The van der Waals surface area contributed by atoms with Crippen LogP contribution in [0.2, 0.25) is 0 Å². The smallest absolute Gasteiger partial charge is 0.244 e. The van der Waals surface area contributed by atoms with E-state index in [0.29, 0.717) is 25.9 Å². The number of nitrogens with one attached hydrogen (secondary N) is 3. The number of hydrogen-bond acceptors (Lipinski definition) is 5. The van der Waals surface area contributed by atoms with Crippen molar-refractivity contribution in [1.29, 1.82) is 0 Å². The molecule has 32 heavy (non-hydrogen) atoms. The molecule has 1 aromatic rings. The number of likely N-dealkylation sites (N-methyl/N-ethyl adjacent to an activating group) is 1. The second-order valence-electron chi connectivity index (χ2n) is 8.67. The van der Waals surface area contributed by atoms with E-state index in [-0.39, 0.29) is 30.1 Å². The van der Waals surface area contributed by atoms with Gasteiger partial charge in [-0.15, -0.1) is 0 Å². The van der Waals surface area contributed by atoms with Crippen LogP contribution in [-0.2, 0) is 30.4 Å². The average Bonchev–Trinajstić information content (AvgIpc) is 2.80. The first-order chi connectivity index (χ1) is 15.4. The van der Waals surface area contributed by atoms with E-state index in [9.17, 15) is 14.4 Å². The molecule has 8 heteroatoms. The number of carbonyl (C=O) groups excluding carboxylic acids is 3. The number of benzene rings is 1. The number of carbonyl (C=O) groups is 3. The van der Waals surface area contributed by atoms with Crippen LogP contribution in [0, 0.1) is 11.8 Å². The van der Waals surface area contributed by atoms with Gasteiger partial charge in [-0.1, -0.05) is 44.2 Å². The minimum Gasteiger partial charge on any atom is -0.357 e. The molecule has 3 atom stereocenters. The molecule has 1 unspecified atom stereocenters. The van der Waals surface area contributed by atoms with E-state index >= 15 is 0 Å². The molecule has 0 radical (unpaired) electrons. The van der Waals surface area contributed by atoms with Gasteiger partial charge in [-0.2, -0.15) is 0 Å². The molecule has 3 amide bonds. The van der Waals surface area contributed by atoms with Gasteiger partial charge in [0.2, 0.25) is 17.7 Å². The molecular formula is C24H37N3O5. The maximum absolute atomic E-state index is 13.0. The van der Waals surface area contributed by atoms with E-state index in [4.69, 9.17) is 9.57 Å². The Labute approximate surface area is 190 Å². The van der Waals surface area contributed by atoms with Crippen molar-refractivity contribution in [2.24, 2.45) is 11.8 Å². The molecule has 0 aromatic heterocycles. The summed E-state index contributed by atoms with van der Waals surface area (Å²) in [6, 6.07) is 9.14. The minimum absolute atomic E-state index is 0.0180. The largest absolute Gasteiger partial charge is 0.357 e. The van der Waals surface area contributed by atoms with Gasteiger partial charge >= 0.3 is 0 Å². The van der Waals surface area contributed by atoms with Crippen molar-refractivity contribution in [3.8, 4) is 0 Å². The number of ether oxygens (including phenoxy) is 1. The van der Waals surface area contributed by atoms with Crippen molar-refractivity contribution in [3.63, 3.8) is 0 Å². The Morgan fingerprint density at radius 3 is 2.50 bits per heavy atom. The van der Waals surface area contributed by atoms with Crippen LogP contribution in [0.1, 0.15) is 57.9 Å². The third-order valence-electron chi connectivity index (χ3n) is 5.44. The zero-order valence-electron chi connectivity index (χ0n) is 19.4. The predicted molar refractivity (Wildman–Crippen MR) is 121 cm³/mol. The van der Waals surface area contributed by atoms with Crippen molar-refractivity contribution in [2.45, 2.75) is 71.1 Å². The highest BCUT2D eigenvalue weighted by atomic mass is 16.8. The number of hydroxylamine groups is 1. The van der Waals surface area contributed by atoms with Crippen molar-refractivity contribution < 1.29 is 24.0 Å². The maximum Gasteiger partial charge on any atom is 0.244 e. The molecule has 1 heterocycles. The Balaban J connectivity index is 1.93. The van der Waals surface area contributed by atoms with Crippen molar-refractivity contribution in [3.05, 3.63) is 35.9 Å². The van der Waals surface area contributed by atoms with Gasteiger partial charge in [-0.25, -0.2) is 10.3 Å². The van der Waals surface area contributed by atoms with Crippen molar-refractivity contribution in [1.82, 2.24) is 16.1 Å². The van der Waals surface area contributed by atoms with Crippen LogP contribution < -0.4 is 16.1 Å². The van der Waals surface area contributed by atoms with E-state index in [1.54, 1.807) is 7.05 Å². The van der Waals surface area contributed by atoms with Gasteiger partial charge < -0.3 is 15.4 Å². The zero-order chi connectivity index (χ0) is 23.3. The van der Waals surface area contributed by atoms with Gasteiger partial charge in [-0.3, -0.25) is 14.4 Å². The summed E-state index contributed by atoms with van der Waals surface area (Å²) in [4.78, 5) is 43.2. The summed E-state index contributed by atoms with van der Waals surface area (Å²) in [5.74, 6) is -1.27. The predicted octanol–water partition coefficient (Wildman–Crippen LogP) is 2.48. The van der Waals surface area contributed by atoms with Gasteiger partial charge in [-0.05, 0) is 43.6 Å². The Hall–Kier alpha value is -2.45. The number of rotatable bonds is 12. The zero-order valence-corrected chi connectivity index (χ0v) is 19.4. The van der Waals surface area contributed by atoms with Crippen molar-refractivity contribution >= 4 is 17.7 Å². The topological polar surface area (TPSA) is 106 Å². The van der Waals surface area contributed by atoms with E-state index in [1.807, 2.05) is 44.2 Å². The first-order valence-electron chi connectivity index (χ1n) is 11.5. The van der Waals surface area contributed by atoms with E-state index in [0.717, 1.165) is 24.8 Å².